The molecule has 194 valence electrons. The lowest BCUT2D eigenvalue weighted by atomic mass is 10.0. The lowest BCUT2D eigenvalue weighted by Gasteiger charge is -2.32. The first kappa shape index (κ1) is 29.8. The summed E-state index contributed by atoms with van der Waals surface area (Å²) >= 11 is 3.89. The van der Waals surface area contributed by atoms with Gasteiger partial charge in [0.05, 0.1) is 3.92 Å². The highest BCUT2D eigenvalue weighted by Gasteiger charge is 2.39. The number of halogens is 2. The molecule has 0 bridgehead atoms. The Morgan fingerprint density at radius 2 is 1.69 bits per heavy atom. The molecule has 0 aliphatic heterocycles. The van der Waals surface area contributed by atoms with E-state index in [0.29, 0.717) is 14.7 Å². The van der Waals surface area contributed by atoms with Crippen LogP contribution in [0.2, 0.25) is 0 Å². The highest BCUT2D eigenvalue weighted by Crippen LogP contribution is 2.33. The first-order valence-electron chi connectivity index (χ1n) is 10.9. The zero-order valence-corrected chi connectivity index (χ0v) is 24.5. The van der Waals surface area contributed by atoms with Crippen LogP contribution in [0.4, 0.5) is 4.79 Å². The SMILES string of the molecule is CC(=O)N(C(=O)OC(C)(C)C)C(Cc1ccccc1)C(=O)N[C@H](C(=O)O)C(I)c1ccc(O)cc1I. The standard InChI is InChI=1S/C25H28I2N2O7/c1-14(30)29(24(35)36-25(2,3)4)19(12-15-8-6-5-7-9-15)22(32)28-21(23(33)34)20(27)17-11-10-16(31)13-18(17)26/h5-11,13,19-21,31H,12H2,1-4H3,(H,28,32)(H,33,34)/t19?,20?,21-/m0/s1. The Hall–Kier alpha value is -2.42. The van der Waals surface area contributed by atoms with Crippen molar-refractivity contribution in [1.82, 2.24) is 10.2 Å². The van der Waals surface area contributed by atoms with Crippen LogP contribution in [0.25, 0.3) is 0 Å². The molecule has 0 aromatic heterocycles. The zero-order valence-electron chi connectivity index (χ0n) is 20.2. The van der Waals surface area contributed by atoms with Gasteiger partial charge in [0.1, 0.15) is 23.4 Å². The Bertz CT molecular complexity index is 1120. The second-order valence-electron chi connectivity index (χ2n) is 9.01. The van der Waals surface area contributed by atoms with Crippen LogP contribution in [-0.2, 0) is 25.5 Å². The van der Waals surface area contributed by atoms with Gasteiger partial charge in [0.2, 0.25) is 11.8 Å². The van der Waals surface area contributed by atoms with E-state index < -0.39 is 45.5 Å². The average Bonchev–Trinajstić information content (AvgIpc) is 2.75. The number of carbonyl (C=O) groups excluding carboxylic acids is 3. The van der Waals surface area contributed by atoms with Gasteiger partial charge < -0.3 is 20.3 Å². The molecular formula is C25H28I2N2O7. The minimum absolute atomic E-state index is 0.0278. The molecule has 0 radical (unpaired) electrons. The number of alkyl halides is 1. The third kappa shape index (κ3) is 8.32. The van der Waals surface area contributed by atoms with Crippen LogP contribution in [0.3, 0.4) is 0 Å². The predicted molar refractivity (Wildman–Crippen MR) is 150 cm³/mol. The molecule has 3 atom stereocenters. The smallest absolute Gasteiger partial charge is 0.417 e. The molecule has 0 fully saturated rings. The predicted octanol–water partition coefficient (Wildman–Crippen LogP) is 4.44. The summed E-state index contributed by atoms with van der Waals surface area (Å²) in [5, 5.41) is 22.2. The van der Waals surface area contributed by atoms with Gasteiger partial charge in [-0.1, -0.05) is 59.0 Å². The van der Waals surface area contributed by atoms with Gasteiger partial charge in [-0.3, -0.25) is 9.59 Å². The summed E-state index contributed by atoms with van der Waals surface area (Å²) in [6.07, 6.45) is -1.04. The van der Waals surface area contributed by atoms with Crippen LogP contribution in [0.5, 0.6) is 5.75 Å². The minimum atomic E-state index is -1.39. The number of phenols is 1. The fourth-order valence-corrected chi connectivity index (χ4v) is 5.81. The van der Waals surface area contributed by atoms with Gasteiger partial charge in [-0.15, -0.1) is 0 Å². The number of phenolic OH excluding ortho intramolecular Hbond substituents is 1. The molecule has 2 rings (SSSR count). The summed E-state index contributed by atoms with van der Waals surface area (Å²) in [4.78, 5) is 52.0. The topological polar surface area (TPSA) is 133 Å². The Kier molecular flexibility index (Phi) is 10.5. The highest BCUT2D eigenvalue weighted by molar-refractivity contribution is 14.1. The van der Waals surface area contributed by atoms with Crippen LogP contribution in [0.1, 0.15) is 42.7 Å². The second kappa shape index (κ2) is 12.7. The van der Waals surface area contributed by atoms with E-state index in [9.17, 15) is 29.4 Å². The normalized spacial score (nSPS) is 13.7. The third-order valence-electron chi connectivity index (χ3n) is 4.95. The monoisotopic (exact) mass is 722 g/mol. The van der Waals surface area contributed by atoms with Gasteiger partial charge in [-0.05, 0) is 66.6 Å². The van der Waals surface area contributed by atoms with Crippen molar-refractivity contribution in [3.05, 3.63) is 63.2 Å². The number of aliphatic carboxylic acids is 1. The quantitative estimate of drug-likeness (QED) is 0.271. The van der Waals surface area contributed by atoms with Crippen molar-refractivity contribution < 1.29 is 34.1 Å². The number of benzene rings is 2. The summed E-state index contributed by atoms with van der Waals surface area (Å²) in [6, 6.07) is 10.5. The van der Waals surface area contributed by atoms with Crippen LogP contribution >= 0.6 is 45.2 Å². The Morgan fingerprint density at radius 3 is 2.19 bits per heavy atom. The van der Waals surface area contributed by atoms with Gasteiger partial charge in [-0.25, -0.2) is 14.5 Å². The number of amides is 3. The number of aromatic hydroxyl groups is 1. The van der Waals surface area contributed by atoms with Crippen molar-refractivity contribution >= 4 is 69.1 Å². The van der Waals surface area contributed by atoms with Gasteiger partial charge in [-0.2, -0.15) is 0 Å². The lowest BCUT2D eigenvalue weighted by molar-refractivity contribution is -0.143. The first-order valence-corrected chi connectivity index (χ1v) is 13.3. The van der Waals surface area contributed by atoms with Gasteiger partial charge in [0.25, 0.3) is 0 Å². The number of rotatable bonds is 8. The lowest BCUT2D eigenvalue weighted by Crippen LogP contribution is -2.57. The Labute approximate surface area is 236 Å². The molecule has 0 aliphatic rings. The summed E-state index contributed by atoms with van der Waals surface area (Å²) in [5.41, 5.74) is 0.334. The summed E-state index contributed by atoms with van der Waals surface area (Å²) in [7, 11) is 0. The van der Waals surface area contributed by atoms with Crippen molar-refractivity contribution in [2.24, 2.45) is 0 Å². The maximum Gasteiger partial charge on any atom is 0.417 e. The number of hydrogen-bond acceptors (Lipinski definition) is 6. The molecule has 2 unspecified atom stereocenters. The van der Waals surface area contributed by atoms with Crippen LogP contribution < -0.4 is 5.32 Å². The van der Waals surface area contributed by atoms with Crippen molar-refractivity contribution in [3.8, 4) is 5.75 Å². The van der Waals surface area contributed by atoms with Crippen LogP contribution in [-0.4, -0.2) is 56.7 Å². The molecule has 3 N–H and O–H groups in total. The molecule has 0 saturated carbocycles. The number of nitrogens with one attached hydrogen (secondary N) is 1. The van der Waals surface area contributed by atoms with Gasteiger partial charge in [0.15, 0.2) is 0 Å². The largest absolute Gasteiger partial charge is 0.508 e. The number of carboxylic acid groups (broad SMARTS) is 1. The highest BCUT2D eigenvalue weighted by atomic mass is 127. The molecule has 2 aromatic rings. The summed E-state index contributed by atoms with van der Waals surface area (Å²) in [5.74, 6) is -2.80. The summed E-state index contributed by atoms with van der Waals surface area (Å²) < 4.78 is 5.27. The van der Waals surface area contributed by atoms with Crippen molar-refractivity contribution in [2.45, 2.75) is 55.7 Å². The fourth-order valence-electron chi connectivity index (χ4n) is 3.35. The molecule has 11 heteroatoms. The number of carboxylic acids is 1. The first-order chi connectivity index (χ1) is 16.7. The molecule has 2 aromatic carbocycles. The molecular weight excluding hydrogens is 694 g/mol. The maximum absolute atomic E-state index is 13.5. The van der Waals surface area contributed by atoms with Gasteiger partial charge in [0, 0.05) is 16.9 Å². The van der Waals surface area contributed by atoms with E-state index in [-0.39, 0.29) is 12.2 Å². The van der Waals surface area contributed by atoms with Gasteiger partial charge >= 0.3 is 12.1 Å². The average molecular weight is 722 g/mol. The Morgan fingerprint density at radius 1 is 1.08 bits per heavy atom. The fraction of sp³-hybridized carbons (Fsp3) is 0.360. The number of ether oxygens (including phenoxy) is 1. The molecule has 0 spiro atoms. The minimum Gasteiger partial charge on any atom is -0.508 e. The number of nitrogens with zero attached hydrogens (tertiary/aromatic N) is 1. The summed E-state index contributed by atoms with van der Waals surface area (Å²) in [6.45, 7) is 6.05. The molecule has 0 saturated heterocycles. The van der Waals surface area contributed by atoms with Crippen molar-refractivity contribution in [3.63, 3.8) is 0 Å². The maximum atomic E-state index is 13.5. The molecule has 9 nitrogen and oxygen atoms in total. The Balaban J connectivity index is 2.45. The molecule has 0 aliphatic carbocycles. The van der Waals surface area contributed by atoms with Crippen LogP contribution in [0.15, 0.2) is 48.5 Å². The molecule has 36 heavy (non-hydrogen) atoms. The van der Waals surface area contributed by atoms with E-state index in [1.807, 2.05) is 45.2 Å². The van der Waals surface area contributed by atoms with E-state index in [4.69, 9.17) is 4.74 Å². The number of hydrogen-bond donors (Lipinski definition) is 3. The molecule has 3 amide bonds. The number of carbonyl (C=O) groups is 4. The van der Waals surface area contributed by atoms with Crippen molar-refractivity contribution in [1.29, 1.82) is 0 Å². The van der Waals surface area contributed by atoms with Crippen molar-refractivity contribution in [2.75, 3.05) is 0 Å². The van der Waals surface area contributed by atoms with E-state index in [0.717, 1.165) is 11.8 Å². The van der Waals surface area contributed by atoms with Crippen LogP contribution in [0, 0.1) is 3.57 Å². The molecule has 0 heterocycles. The van der Waals surface area contributed by atoms with E-state index >= 15 is 0 Å². The van der Waals surface area contributed by atoms with E-state index in [1.54, 1.807) is 57.2 Å². The van der Waals surface area contributed by atoms with E-state index in [2.05, 4.69) is 5.32 Å². The number of imide groups is 1. The van der Waals surface area contributed by atoms with E-state index in [1.165, 1.54) is 12.1 Å². The zero-order chi connectivity index (χ0) is 27.2. The second-order valence-corrected chi connectivity index (χ2v) is 11.5. The third-order valence-corrected chi connectivity index (χ3v) is 7.28.